The Labute approximate surface area is 176 Å². The minimum Gasteiger partial charge on any atom is -0.354 e. The van der Waals surface area contributed by atoms with Crippen molar-refractivity contribution >= 4 is 38.4 Å². The number of carbonyl (C=O) groups is 1. The van der Waals surface area contributed by atoms with Crippen molar-refractivity contribution in [3.05, 3.63) is 48.5 Å². The van der Waals surface area contributed by atoms with E-state index in [1.54, 1.807) is 11.0 Å². The minimum atomic E-state index is -0.122. The van der Waals surface area contributed by atoms with Crippen LogP contribution in [0.3, 0.4) is 0 Å². The molecule has 30 heavy (non-hydrogen) atoms. The fraction of sp³-hybridized carbons (Fsp3) is 0.300. The Morgan fingerprint density at radius 2 is 2.07 bits per heavy atom. The highest BCUT2D eigenvalue weighted by atomic mass is 32.1. The number of fused-ring (bicyclic) bond motifs is 1. The van der Waals surface area contributed by atoms with Gasteiger partial charge >= 0.3 is 0 Å². The van der Waals surface area contributed by atoms with Crippen molar-refractivity contribution in [2.45, 2.75) is 19.8 Å². The number of nitrogens with one attached hydrogen (secondary N) is 1. The van der Waals surface area contributed by atoms with E-state index in [-0.39, 0.29) is 11.8 Å². The van der Waals surface area contributed by atoms with Gasteiger partial charge in [-0.25, -0.2) is 14.6 Å². The van der Waals surface area contributed by atoms with E-state index >= 15 is 0 Å². The zero-order valence-corrected chi connectivity index (χ0v) is 17.2. The van der Waals surface area contributed by atoms with E-state index in [9.17, 15) is 4.79 Å². The molecule has 0 bridgehead atoms. The van der Waals surface area contributed by atoms with Gasteiger partial charge in [0.05, 0.1) is 16.1 Å². The van der Waals surface area contributed by atoms with Crippen molar-refractivity contribution in [1.82, 2.24) is 29.9 Å². The quantitative estimate of drug-likeness (QED) is 0.542. The van der Waals surface area contributed by atoms with Gasteiger partial charge in [-0.2, -0.15) is 5.10 Å². The first-order valence-electron chi connectivity index (χ1n) is 9.78. The smallest absolute Gasteiger partial charge is 0.231 e. The lowest BCUT2D eigenvalue weighted by molar-refractivity contribution is -0.120. The van der Waals surface area contributed by atoms with Crippen LogP contribution in [0.2, 0.25) is 0 Å². The van der Waals surface area contributed by atoms with Gasteiger partial charge in [-0.3, -0.25) is 4.79 Å². The van der Waals surface area contributed by atoms with Crippen molar-refractivity contribution in [2.75, 3.05) is 23.3 Å². The van der Waals surface area contributed by atoms with Gasteiger partial charge in [0.1, 0.15) is 12.7 Å². The maximum Gasteiger partial charge on any atom is 0.231 e. The van der Waals surface area contributed by atoms with Crippen molar-refractivity contribution in [1.29, 1.82) is 0 Å². The summed E-state index contributed by atoms with van der Waals surface area (Å²) in [6, 6.07) is 9.82. The fourth-order valence-corrected chi connectivity index (χ4v) is 4.63. The summed E-state index contributed by atoms with van der Waals surface area (Å²) < 4.78 is 2.64. The fourth-order valence-electron chi connectivity index (χ4n) is 3.68. The Hall–Kier alpha value is -3.40. The lowest BCUT2D eigenvalue weighted by Gasteiger charge is -2.32. The van der Waals surface area contributed by atoms with E-state index in [1.165, 1.54) is 17.7 Å². The van der Waals surface area contributed by atoms with Gasteiger partial charge in [-0.15, -0.1) is 10.2 Å². The summed E-state index contributed by atoms with van der Waals surface area (Å²) in [5.74, 6) is 1.24. The highest BCUT2D eigenvalue weighted by Crippen LogP contribution is 2.29. The SMILES string of the molecule is Cc1cccc2sc(NC(=O)C3CCCN(c4ccc(-n5cncn5)nn4)C3)nc12. The number of para-hydroxylation sites is 1. The summed E-state index contributed by atoms with van der Waals surface area (Å²) >= 11 is 1.51. The molecule has 1 fully saturated rings. The number of aryl methyl sites for hydroxylation is 1. The molecule has 1 unspecified atom stereocenters. The Balaban J connectivity index is 1.27. The highest BCUT2D eigenvalue weighted by Gasteiger charge is 2.27. The molecule has 1 aromatic carbocycles. The summed E-state index contributed by atoms with van der Waals surface area (Å²) in [6.45, 7) is 3.48. The Bertz CT molecular complexity index is 1170. The molecule has 152 valence electrons. The molecule has 0 spiro atoms. The third-order valence-electron chi connectivity index (χ3n) is 5.26. The summed E-state index contributed by atoms with van der Waals surface area (Å²) in [5.41, 5.74) is 2.06. The van der Waals surface area contributed by atoms with Crippen LogP contribution < -0.4 is 10.2 Å². The predicted molar refractivity (Wildman–Crippen MR) is 115 cm³/mol. The van der Waals surface area contributed by atoms with E-state index < -0.39 is 0 Å². The number of aromatic nitrogens is 6. The first-order valence-corrected chi connectivity index (χ1v) is 10.6. The number of benzene rings is 1. The average molecular weight is 421 g/mol. The number of nitrogens with zero attached hydrogens (tertiary/aromatic N) is 7. The van der Waals surface area contributed by atoms with Crippen LogP contribution in [0.4, 0.5) is 10.9 Å². The van der Waals surface area contributed by atoms with Gasteiger partial charge in [0.2, 0.25) is 5.91 Å². The molecule has 1 atom stereocenters. The predicted octanol–water partition coefficient (Wildman–Crippen LogP) is 2.83. The molecule has 10 heteroatoms. The zero-order chi connectivity index (χ0) is 20.5. The van der Waals surface area contributed by atoms with Crippen LogP contribution in [0.1, 0.15) is 18.4 Å². The number of piperidine rings is 1. The molecule has 1 aliphatic rings. The number of rotatable bonds is 4. The first-order chi connectivity index (χ1) is 14.7. The molecular formula is C20H20N8OS. The molecule has 0 aliphatic carbocycles. The number of hydrogen-bond donors (Lipinski definition) is 1. The third-order valence-corrected chi connectivity index (χ3v) is 6.19. The normalized spacial score (nSPS) is 16.7. The average Bonchev–Trinajstić information content (AvgIpc) is 3.45. The Morgan fingerprint density at radius 1 is 1.20 bits per heavy atom. The van der Waals surface area contributed by atoms with Crippen molar-refractivity contribution < 1.29 is 4.79 Å². The second-order valence-electron chi connectivity index (χ2n) is 7.30. The molecule has 9 nitrogen and oxygen atoms in total. The van der Waals surface area contributed by atoms with Crippen molar-refractivity contribution in [3.63, 3.8) is 0 Å². The van der Waals surface area contributed by atoms with Crippen LogP contribution in [0.5, 0.6) is 0 Å². The molecule has 1 saturated heterocycles. The van der Waals surface area contributed by atoms with Gasteiger partial charge in [0.25, 0.3) is 0 Å². The molecule has 5 rings (SSSR count). The molecule has 1 N–H and O–H groups in total. The Morgan fingerprint density at radius 3 is 2.83 bits per heavy atom. The van der Waals surface area contributed by atoms with E-state index in [2.05, 4.69) is 35.5 Å². The van der Waals surface area contributed by atoms with Crippen LogP contribution in [-0.4, -0.2) is 48.9 Å². The summed E-state index contributed by atoms with van der Waals surface area (Å²) in [4.78, 5) is 23.5. The van der Waals surface area contributed by atoms with Crippen LogP contribution in [0.25, 0.3) is 16.0 Å². The van der Waals surface area contributed by atoms with Crippen LogP contribution in [-0.2, 0) is 4.79 Å². The maximum atomic E-state index is 12.9. The molecule has 0 saturated carbocycles. The van der Waals surface area contributed by atoms with Gasteiger partial charge in [-0.05, 0) is 43.5 Å². The van der Waals surface area contributed by atoms with E-state index in [1.807, 2.05) is 37.3 Å². The molecule has 1 amide bonds. The number of anilines is 2. The molecule has 3 aromatic heterocycles. The molecule has 4 heterocycles. The molecule has 1 aliphatic heterocycles. The molecular weight excluding hydrogens is 400 g/mol. The van der Waals surface area contributed by atoms with Crippen LogP contribution in [0, 0.1) is 12.8 Å². The Kier molecular flexibility index (Phi) is 4.83. The van der Waals surface area contributed by atoms with Crippen molar-refractivity contribution in [3.8, 4) is 5.82 Å². The summed E-state index contributed by atoms with van der Waals surface area (Å²) in [6.07, 6.45) is 4.80. The lowest BCUT2D eigenvalue weighted by atomic mass is 9.97. The standard InChI is InChI=1S/C20H20N8OS/c1-13-4-2-6-15-18(13)23-20(30-15)24-19(29)14-5-3-9-27(10-14)16-7-8-17(26-25-16)28-12-21-11-22-28/h2,4,6-8,11-12,14H,3,5,9-10H2,1H3,(H,23,24,29). The number of thiazole rings is 1. The zero-order valence-electron chi connectivity index (χ0n) is 16.4. The lowest BCUT2D eigenvalue weighted by Crippen LogP contribution is -2.41. The monoisotopic (exact) mass is 420 g/mol. The first kappa shape index (κ1) is 18.6. The highest BCUT2D eigenvalue weighted by molar-refractivity contribution is 7.22. The van der Waals surface area contributed by atoms with Crippen LogP contribution in [0.15, 0.2) is 43.0 Å². The van der Waals surface area contributed by atoms with Gasteiger partial charge < -0.3 is 10.2 Å². The largest absolute Gasteiger partial charge is 0.354 e. The van der Waals surface area contributed by atoms with E-state index in [0.717, 1.165) is 41.0 Å². The second-order valence-corrected chi connectivity index (χ2v) is 8.34. The topological polar surface area (TPSA) is 102 Å². The van der Waals surface area contributed by atoms with E-state index in [0.29, 0.717) is 17.5 Å². The van der Waals surface area contributed by atoms with Crippen LogP contribution >= 0.6 is 11.3 Å². The molecule has 4 aromatic rings. The molecule has 0 radical (unpaired) electrons. The number of hydrogen-bond acceptors (Lipinski definition) is 8. The van der Waals surface area contributed by atoms with Gasteiger partial charge in [-0.1, -0.05) is 23.5 Å². The second kappa shape index (κ2) is 7.79. The number of carbonyl (C=O) groups excluding carboxylic acids is 1. The summed E-state index contributed by atoms with van der Waals surface area (Å²) in [7, 11) is 0. The van der Waals surface area contributed by atoms with Crippen molar-refractivity contribution in [2.24, 2.45) is 5.92 Å². The van der Waals surface area contributed by atoms with E-state index in [4.69, 9.17) is 0 Å². The maximum absolute atomic E-state index is 12.9. The number of amides is 1. The van der Waals surface area contributed by atoms with Gasteiger partial charge in [0, 0.05) is 13.1 Å². The summed E-state index contributed by atoms with van der Waals surface area (Å²) in [5, 5.41) is 16.3. The third kappa shape index (κ3) is 3.61. The minimum absolute atomic E-state index is 0.00334. The van der Waals surface area contributed by atoms with Gasteiger partial charge in [0.15, 0.2) is 16.8 Å².